The molecular weight excluding hydrogens is 262 g/mol. The maximum atomic E-state index is 11.4. The summed E-state index contributed by atoms with van der Waals surface area (Å²) in [5.41, 5.74) is 2.10. The van der Waals surface area contributed by atoms with Gasteiger partial charge in [-0.1, -0.05) is 0 Å². The molecule has 0 bridgehead atoms. The lowest BCUT2D eigenvalue weighted by molar-refractivity contribution is -0.139. The highest BCUT2D eigenvalue weighted by atomic mass is 16.3. The number of rotatable bonds is 4. The Morgan fingerprint density at radius 1 is 1.30 bits per heavy atom. The molecule has 104 valence electrons. The fourth-order valence-corrected chi connectivity index (χ4v) is 1.39. The van der Waals surface area contributed by atoms with Crippen LogP contribution in [0.4, 0.5) is 0 Å². The largest absolute Gasteiger partial charge is 0.467 e. The third-order valence-electron chi connectivity index (χ3n) is 2.33. The molecule has 2 aromatic heterocycles. The summed E-state index contributed by atoms with van der Waals surface area (Å²) < 4.78 is 10.2. The Morgan fingerprint density at radius 2 is 2.15 bits per heavy atom. The van der Waals surface area contributed by atoms with Crippen LogP contribution in [0.3, 0.4) is 0 Å². The van der Waals surface area contributed by atoms with Crippen LogP contribution >= 0.6 is 0 Å². The molecule has 0 fully saturated rings. The zero-order chi connectivity index (χ0) is 14.4. The minimum Gasteiger partial charge on any atom is -0.467 e. The van der Waals surface area contributed by atoms with Crippen LogP contribution in [-0.4, -0.2) is 18.0 Å². The molecule has 2 heterocycles. The van der Waals surface area contributed by atoms with Crippen molar-refractivity contribution in [3.8, 4) is 0 Å². The van der Waals surface area contributed by atoms with Crippen LogP contribution in [0.1, 0.15) is 17.3 Å². The van der Waals surface area contributed by atoms with Crippen molar-refractivity contribution >= 4 is 18.0 Å². The second-order valence-corrected chi connectivity index (χ2v) is 3.91. The molecule has 0 spiro atoms. The lowest BCUT2D eigenvalue weighted by Gasteiger charge is -2.01. The van der Waals surface area contributed by atoms with E-state index in [1.165, 1.54) is 12.5 Å². The summed E-state index contributed by atoms with van der Waals surface area (Å²) in [6, 6.07) is 6.84. The highest BCUT2D eigenvalue weighted by Crippen LogP contribution is 2.02. The van der Waals surface area contributed by atoms with Gasteiger partial charge < -0.3 is 14.2 Å². The summed E-state index contributed by atoms with van der Waals surface area (Å²) in [4.78, 5) is 22.8. The van der Waals surface area contributed by atoms with Crippen molar-refractivity contribution in [1.82, 2.24) is 10.7 Å². The number of hydrazone groups is 1. The van der Waals surface area contributed by atoms with Crippen molar-refractivity contribution in [1.29, 1.82) is 0 Å². The van der Waals surface area contributed by atoms with Gasteiger partial charge in [0.1, 0.15) is 17.3 Å². The molecule has 7 nitrogen and oxygen atoms in total. The molecule has 20 heavy (non-hydrogen) atoms. The number of carbonyl (C=O) groups is 2. The van der Waals surface area contributed by atoms with E-state index in [4.69, 9.17) is 8.83 Å². The number of amides is 2. The number of aryl methyl sites for hydroxylation is 1. The van der Waals surface area contributed by atoms with Crippen molar-refractivity contribution in [2.45, 2.75) is 13.5 Å². The van der Waals surface area contributed by atoms with Crippen molar-refractivity contribution < 1.29 is 18.4 Å². The first-order chi connectivity index (χ1) is 9.65. The molecule has 0 saturated carbocycles. The van der Waals surface area contributed by atoms with Crippen LogP contribution in [0, 0.1) is 6.92 Å². The first-order valence-electron chi connectivity index (χ1n) is 5.85. The molecule has 0 atom stereocenters. The fourth-order valence-electron chi connectivity index (χ4n) is 1.39. The quantitative estimate of drug-likeness (QED) is 0.493. The van der Waals surface area contributed by atoms with E-state index < -0.39 is 11.8 Å². The number of hydrogen-bond donors (Lipinski definition) is 2. The van der Waals surface area contributed by atoms with Gasteiger partial charge in [-0.05, 0) is 31.2 Å². The van der Waals surface area contributed by atoms with Crippen molar-refractivity contribution in [3.05, 3.63) is 47.8 Å². The van der Waals surface area contributed by atoms with Gasteiger partial charge in [-0.3, -0.25) is 9.59 Å². The van der Waals surface area contributed by atoms with Crippen LogP contribution < -0.4 is 10.7 Å². The number of carbonyl (C=O) groups excluding carboxylic acids is 2. The molecule has 2 rings (SSSR count). The maximum Gasteiger partial charge on any atom is 0.329 e. The molecule has 7 heteroatoms. The maximum absolute atomic E-state index is 11.4. The number of hydrogen-bond acceptors (Lipinski definition) is 5. The van der Waals surface area contributed by atoms with Gasteiger partial charge in [-0.2, -0.15) is 5.10 Å². The lowest BCUT2D eigenvalue weighted by Crippen LogP contribution is -2.37. The van der Waals surface area contributed by atoms with E-state index in [1.807, 2.05) is 0 Å². The van der Waals surface area contributed by atoms with E-state index in [9.17, 15) is 9.59 Å². The molecule has 0 radical (unpaired) electrons. The van der Waals surface area contributed by atoms with E-state index in [1.54, 1.807) is 31.2 Å². The van der Waals surface area contributed by atoms with Gasteiger partial charge in [0.25, 0.3) is 0 Å². The summed E-state index contributed by atoms with van der Waals surface area (Å²) in [5.74, 6) is 0.110. The van der Waals surface area contributed by atoms with Crippen LogP contribution in [0.2, 0.25) is 0 Å². The summed E-state index contributed by atoms with van der Waals surface area (Å²) >= 11 is 0. The second-order valence-electron chi connectivity index (χ2n) is 3.91. The van der Waals surface area contributed by atoms with E-state index in [0.717, 1.165) is 5.76 Å². The Hall–Kier alpha value is -2.83. The van der Waals surface area contributed by atoms with Gasteiger partial charge in [0, 0.05) is 0 Å². The smallest absolute Gasteiger partial charge is 0.329 e. The zero-order valence-electron chi connectivity index (χ0n) is 10.8. The first-order valence-corrected chi connectivity index (χ1v) is 5.85. The molecule has 0 unspecified atom stereocenters. The summed E-state index contributed by atoms with van der Waals surface area (Å²) in [6.07, 6.45) is 2.79. The molecule has 0 aliphatic carbocycles. The Bertz CT molecular complexity index is 613. The highest BCUT2D eigenvalue weighted by molar-refractivity contribution is 6.35. The average Bonchev–Trinajstić information content (AvgIpc) is 3.07. The fraction of sp³-hybridized carbons (Fsp3) is 0.154. The van der Waals surface area contributed by atoms with Crippen LogP contribution in [0.5, 0.6) is 0 Å². The third-order valence-corrected chi connectivity index (χ3v) is 2.33. The molecule has 2 N–H and O–H groups in total. The Labute approximate surface area is 114 Å². The molecule has 2 aromatic rings. The second kappa shape index (κ2) is 6.37. The third kappa shape index (κ3) is 3.84. The highest BCUT2D eigenvalue weighted by Gasteiger charge is 2.12. The summed E-state index contributed by atoms with van der Waals surface area (Å²) in [7, 11) is 0. The van der Waals surface area contributed by atoms with Crippen molar-refractivity contribution in [3.63, 3.8) is 0 Å². The normalized spacial score (nSPS) is 10.7. The van der Waals surface area contributed by atoms with E-state index in [0.29, 0.717) is 11.5 Å². The van der Waals surface area contributed by atoms with Gasteiger partial charge in [-0.15, -0.1) is 0 Å². The Kier molecular flexibility index (Phi) is 4.33. The zero-order valence-corrected chi connectivity index (χ0v) is 10.8. The van der Waals surface area contributed by atoms with Crippen molar-refractivity contribution in [2.75, 3.05) is 0 Å². The Balaban J connectivity index is 1.76. The van der Waals surface area contributed by atoms with Crippen LogP contribution in [0.25, 0.3) is 0 Å². The molecule has 0 saturated heterocycles. The molecule has 0 aromatic carbocycles. The van der Waals surface area contributed by atoms with Gasteiger partial charge in [0.2, 0.25) is 0 Å². The topological polar surface area (TPSA) is 96.8 Å². The molecule has 0 aliphatic heterocycles. The predicted molar refractivity (Wildman–Crippen MR) is 69.7 cm³/mol. The molecule has 0 aliphatic rings. The number of nitrogens with zero attached hydrogens (tertiary/aromatic N) is 1. The monoisotopic (exact) mass is 275 g/mol. The van der Waals surface area contributed by atoms with E-state index in [2.05, 4.69) is 15.8 Å². The van der Waals surface area contributed by atoms with Gasteiger partial charge in [-0.25, -0.2) is 5.43 Å². The minimum absolute atomic E-state index is 0.139. The number of nitrogens with one attached hydrogen (secondary N) is 2. The van der Waals surface area contributed by atoms with Crippen LogP contribution in [0.15, 0.2) is 44.5 Å². The van der Waals surface area contributed by atoms with Crippen molar-refractivity contribution in [2.24, 2.45) is 5.10 Å². The predicted octanol–water partition coefficient (Wildman–Crippen LogP) is 0.948. The SMILES string of the molecule is Cc1ccc(/C=N\NC(=O)C(=O)NCc2ccco2)o1. The number of furan rings is 2. The van der Waals surface area contributed by atoms with Gasteiger partial charge in [0.15, 0.2) is 0 Å². The standard InChI is InChI=1S/C13H13N3O4/c1-9-4-5-11(20-9)8-15-16-13(18)12(17)14-7-10-3-2-6-19-10/h2-6,8H,7H2,1H3,(H,14,17)(H,16,18)/b15-8-. The molecule has 2 amide bonds. The Morgan fingerprint density at radius 3 is 2.80 bits per heavy atom. The summed E-state index contributed by atoms with van der Waals surface area (Å²) in [5, 5.41) is 6.01. The summed E-state index contributed by atoms with van der Waals surface area (Å²) in [6.45, 7) is 1.93. The average molecular weight is 275 g/mol. The van der Waals surface area contributed by atoms with E-state index >= 15 is 0 Å². The first kappa shape index (κ1) is 13.6. The minimum atomic E-state index is -0.865. The van der Waals surface area contributed by atoms with Gasteiger partial charge in [0.05, 0.1) is 19.0 Å². The van der Waals surface area contributed by atoms with Gasteiger partial charge >= 0.3 is 11.8 Å². The lowest BCUT2D eigenvalue weighted by atomic mass is 10.4. The van der Waals surface area contributed by atoms with E-state index in [-0.39, 0.29) is 6.54 Å². The van der Waals surface area contributed by atoms with Crippen LogP contribution in [-0.2, 0) is 16.1 Å². The molecular formula is C13H13N3O4.